The van der Waals surface area contributed by atoms with Crippen LogP contribution < -0.4 is 5.32 Å². The van der Waals surface area contributed by atoms with Crippen LogP contribution in [0.2, 0.25) is 0 Å². The first-order valence-electron chi connectivity index (χ1n) is 5.59. The predicted octanol–water partition coefficient (Wildman–Crippen LogP) is 1.05. The average molecular weight is 242 g/mol. The molecule has 0 radical (unpaired) electrons. The number of fused-ring (bicyclic) bond motifs is 1. The maximum Gasteiger partial charge on any atom is 0.301 e. The van der Waals surface area contributed by atoms with Gasteiger partial charge in [-0.3, -0.25) is 14.9 Å². The van der Waals surface area contributed by atoms with E-state index in [1.165, 1.54) is 6.08 Å². The maximum absolute atomic E-state index is 11.6. The van der Waals surface area contributed by atoms with Gasteiger partial charge in [-0.05, 0) is 23.8 Å². The quantitative estimate of drug-likeness (QED) is 0.551. The van der Waals surface area contributed by atoms with E-state index >= 15 is 0 Å². The Balaban J connectivity index is 2.08. The summed E-state index contributed by atoms with van der Waals surface area (Å²) in [6.45, 7) is 0. The van der Waals surface area contributed by atoms with Crippen LogP contribution in [0.15, 0.2) is 59.4 Å². The Morgan fingerprint density at radius 3 is 2.83 bits per heavy atom. The van der Waals surface area contributed by atoms with Crippen molar-refractivity contribution in [2.24, 2.45) is 0 Å². The van der Waals surface area contributed by atoms with Crippen LogP contribution >= 0.6 is 0 Å². The van der Waals surface area contributed by atoms with Gasteiger partial charge in [0.25, 0.3) is 0 Å². The molecule has 5 heteroatoms. The topological polar surface area (TPSA) is 72.2 Å². The molecule has 0 saturated carbocycles. The molecule has 1 N–H and O–H groups in total. The summed E-state index contributed by atoms with van der Waals surface area (Å²) < 4.78 is 0. The number of carbonyl (C=O) groups is 1. The van der Waals surface area contributed by atoms with Gasteiger partial charge >= 0.3 is 6.04 Å². The Morgan fingerprint density at radius 2 is 2.06 bits per heavy atom. The molecular weight excluding hydrogens is 232 g/mol. The minimum absolute atomic E-state index is 0.0269. The van der Waals surface area contributed by atoms with Crippen molar-refractivity contribution < 1.29 is 9.72 Å². The number of rotatable bonds is 1. The third-order valence-corrected chi connectivity index (χ3v) is 3.20. The smallest absolute Gasteiger partial charge is 0.301 e. The zero-order chi connectivity index (χ0) is 12.7. The normalized spacial score (nSPS) is 28.4. The van der Waals surface area contributed by atoms with Gasteiger partial charge in [-0.25, -0.2) is 0 Å². The molecular formula is C13H10N2O3. The second-order valence-corrected chi connectivity index (χ2v) is 4.30. The van der Waals surface area contributed by atoms with Gasteiger partial charge in [0.1, 0.15) is 0 Å². The van der Waals surface area contributed by atoms with Gasteiger partial charge in [0.15, 0.2) is 0 Å². The molecule has 0 bridgehead atoms. The van der Waals surface area contributed by atoms with Crippen molar-refractivity contribution in [3.8, 4) is 0 Å². The average Bonchev–Trinajstić information content (AvgIpc) is 2.36. The van der Waals surface area contributed by atoms with E-state index in [1.54, 1.807) is 12.2 Å². The minimum Gasteiger partial charge on any atom is -0.374 e. The number of dihydropyridines is 1. The molecule has 2 atom stereocenters. The summed E-state index contributed by atoms with van der Waals surface area (Å²) in [4.78, 5) is 22.1. The summed E-state index contributed by atoms with van der Waals surface area (Å²) in [5.74, 6) is -0.480. The van der Waals surface area contributed by atoms with Crippen LogP contribution in [0.5, 0.6) is 0 Å². The Labute approximate surface area is 103 Å². The van der Waals surface area contributed by atoms with Gasteiger partial charge < -0.3 is 5.32 Å². The van der Waals surface area contributed by atoms with Crippen LogP contribution in [0, 0.1) is 10.1 Å². The van der Waals surface area contributed by atoms with Gasteiger partial charge in [-0.15, -0.1) is 0 Å². The zero-order valence-corrected chi connectivity index (χ0v) is 9.37. The van der Waals surface area contributed by atoms with E-state index in [0.29, 0.717) is 11.3 Å². The molecule has 2 aliphatic carbocycles. The molecule has 3 aliphatic rings. The number of hydrogen-bond acceptors (Lipinski definition) is 4. The van der Waals surface area contributed by atoms with Gasteiger partial charge in [0.05, 0.1) is 11.6 Å². The number of nitrogens with zero attached hydrogens (tertiary/aromatic N) is 1. The lowest BCUT2D eigenvalue weighted by Gasteiger charge is -2.29. The molecule has 0 aromatic heterocycles. The largest absolute Gasteiger partial charge is 0.374 e. The SMILES string of the molecule is O=C1C=CC2=C(C=C3C=CC=CC3N2)C1[N+](=O)[O-]. The third-order valence-electron chi connectivity index (χ3n) is 3.20. The Bertz CT molecular complexity index is 593. The van der Waals surface area contributed by atoms with Gasteiger partial charge in [-0.1, -0.05) is 24.3 Å². The van der Waals surface area contributed by atoms with Crippen LogP contribution in [0.4, 0.5) is 0 Å². The Morgan fingerprint density at radius 1 is 1.22 bits per heavy atom. The molecule has 90 valence electrons. The van der Waals surface area contributed by atoms with Crippen LogP contribution in [0.3, 0.4) is 0 Å². The second kappa shape index (κ2) is 3.80. The number of allylic oxidation sites excluding steroid dienone is 3. The fraction of sp³-hybridized carbons (Fsp3) is 0.154. The summed E-state index contributed by atoms with van der Waals surface area (Å²) in [6, 6.07) is -1.26. The lowest BCUT2D eigenvalue weighted by atomic mass is 9.87. The molecule has 1 heterocycles. The van der Waals surface area contributed by atoms with Gasteiger partial charge in [-0.2, -0.15) is 0 Å². The Hall–Kier alpha value is -2.43. The van der Waals surface area contributed by atoms with Crippen molar-refractivity contribution in [1.82, 2.24) is 5.32 Å². The molecule has 5 nitrogen and oxygen atoms in total. The highest BCUT2D eigenvalue weighted by atomic mass is 16.6. The summed E-state index contributed by atoms with van der Waals surface area (Å²) in [7, 11) is 0. The molecule has 0 aromatic rings. The van der Waals surface area contributed by atoms with E-state index in [1.807, 2.05) is 24.3 Å². The standard InChI is InChI=1S/C13H10N2O3/c16-12-6-5-11-9(13(12)15(17)18)7-8-3-1-2-4-10(8)14-11/h1-7,10,13-14H. The summed E-state index contributed by atoms with van der Waals surface area (Å²) in [5.41, 5.74) is 2.04. The highest BCUT2D eigenvalue weighted by molar-refractivity contribution is 5.98. The predicted molar refractivity (Wildman–Crippen MR) is 65.2 cm³/mol. The highest BCUT2D eigenvalue weighted by Gasteiger charge is 2.38. The highest BCUT2D eigenvalue weighted by Crippen LogP contribution is 2.28. The first-order chi connectivity index (χ1) is 8.66. The van der Waals surface area contributed by atoms with E-state index in [0.717, 1.165) is 5.57 Å². The van der Waals surface area contributed by atoms with Crippen LogP contribution in [-0.4, -0.2) is 22.8 Å². The van der Waals surface area contributed by atoms with E-state index in [4.69, 9.17) is 0 Å². The molecule has 0 saturated heterocycles. The lowest BCUT2D eigenvalue weighted by molar-refractivity contribution is -0.496. The number of hydrogen-bond donors (Lipinski definition) is 1. The third kappa shape index (κ3) is 1.52. The summed E-state index contributed by atoms with van der Waals surface area (Å²) >= 11 is 0. The first kappa shape index (κ1) is 10.7. The molecule has 2 unspecified atom stereocenters. The second-order valence-electron chi connectivity index (χ2n) is 4.30. The van der Waals surface area contributed by atoms with Crippen molar-refractivity contribution >= 4 is 5.78 Å². The lowest BCUT2D eigenvalue weighted by Crippen LogP contribution is -2.40. The number of ketones is 1. The van der Waals surface area contributed by atoms with Gasteiger partial charge in [0.2, 0.25) is 5.78 Å². The number of nitro groups is 1. The van der Waals surface area contributed by atoms with E-state index in [-0.39, 0.29) is 6.04 Å². The molecule has 1 aliphatic heterocycles. The molecule has 0 spiro atoms. The van der Waals surface area contributed by atoms with Crippen molar-refractivity contribution in [3.05, 3.63) is 69.5 Å². The summed E-state index contributed by atoms with van der Waals surface area (Å²) in [5, 5.41) is 14.2. The van der Waals surface area contributed by atoms with E-state index in [9.17, 15) is 14.9 Å². The molecule has 0 fully saturated rings. The van der Waals surface area contributed by atoms with Crippen molar-refractivity contribution in [1.29, 1.82) is 0 Å². The molecule has 0 aromatic carbocycles. The number of carbonyl (C=O) groups excluding carboxylic acids is 1. The van der Waals surface area contributed by atoms with Crippen LogP contribution in [0.25, 0.3) is 0 Å². The zero-order valence-electron chi connectivity index (χ0n) is 9.37. The van der Waals surface area contributed by atoms with Gasteiger partial charge in [0, 0.05) is 10.6 Å². The minimum atomic E-state index is -1.29. The maximum atomic E-state index is 11.6. The fourth-order valence-electron chi connectivity index (χ4n) is 2.33. The summed E-state index contributed by atoms with van der Waals surface area (Å²) in [6.07, 6.45) is 12.3. The van der Waals surface area contributed by atoms with E-state index in [2.05, 4.69) is 5.32 Å². The molecule has 18 heavy (non-hydrogen) atoms. The van der Waals surface area contributed by atoms with Crippen molar-refractivity contribution in [3.63, 3.8) is 0 Å². The van der Waals surface area contributed by atoms with Crippen molar-refractivity contribution in [2.45, 2.75) is 12.1 Å². The first-order valence-corrected chi connectivity index (χ1v) is 5.59. The monoisotopic (exact) mass is 242 g/mol. The van der Waals surface area contributed by atoms with Crippen LogP contribution in [0.1, 0.15) is 0 Å². The Kier molecular flexibility index (Phi) is 2.26. The van der Waals surface area contributed by atoms with Crippen LogP contribution in [-0.2, 0) is 4.79 Å². The van der Waals surface area contributed by atoms with E-state index < -0.39 is 16.7 Å². The fourth-order valence-corrected chi connectivity index (χ4v) is 2.33. The van der Waals surface area contributed by atoms with Crippen molar-refractivity contribution in [2.75, 3.05) is 0 Å². The number of nitrogens with one attached hydrogen (secondary N) is 1. The molecule has 3 rings (SSSR count). The molecule has 0 amide bonds.